The van der Waals surface area contributed by atoms with Crippen molar-refractivity contribution in [2.24, 2.45) is 0 Å². The number of likely N-dealkylation sites (tertiary alicyclic amines) is 1. The smallest absolute Gasteiger partial charge is 0.324 e. The monoisotopic (exact) mass is 442 g/mol. The van der Waals surface area contributed by atoms with E-state index in [-0.39, 0.29) is 37.0 Å². The average molecular weight is 443 g/mol. The summed E-state index contributed by atoms with van der Waals surface area (Å²) >= 11 is 1.59. The highest BCUT2D eigenvalue weighted by Crippen LogP contribution is 2.33. The SMILES string of the molecule is Cc1nc(Nc2cccc([C@H]3CCCN3C(=O)CCCN3C(=O)CNC3=O)n2)sc1C. The van der Waals surface area contributed by atoms with E-state index in [0.717, 1.165) is 29.4 Å². The minimum Gasteiger partial charge on any atom is -0.334 e. The average Bonchev–Trinajstić information content (AvgIpc) is 3.43. The highest BCUT2D eigenvalue weighted by molar-refractivity contribution is 7.15. The molecule has 2 fully saturated rings. The van der Waals surface area contributed by atoms with Crippen molar-refractivity contribution in [2.75, 3.05) is 25.0 Å². The molecule has 2 saturated heterocycles. The standard InChI is InChI=1S/C21H26N6O3S/c1-13-14(2)31-20(23-13)25-17-8-3-6-15(24-17)16-7-4-10-26(16)18(28)9-5-11-27-19(29)12-22-21(27)30/h3,6,8,16H,4-5,7,9-12H2,1-2H3,(H,22,30)(H,23,24,25)/t16-/m1/s1. The van der Waals surface area contributed by atoms with E-state index in [0.29, 0.717) is 25.2 Å². The third kappa shape index (κ3) is 4.68. The number of nitrogens with one attached hydrogen (secondary N) is 2. The van der Waals surface area contributed by atoms with Crippen LogP contribution in [-0.4, -0.2) is 57.2 Å². The Hall–Kier alpha value is -3.01. The molecule has 2 aliphatic rings. The summed E-state index contributed by atoms with van der Waals surface area (Å²) in [4.78, 5) is 49.6. The number of imide groups is 1. The van der Waals surface area contributed by atoms with E-state index in [9.17, 15) is 14.4 Å². The van der Waals surface area contributed by atoms with Gasteiger partial charge in [-0.3, -0.25) is 14.5 Å². The van der Waals surface area contributed by atoms with Gasteiger partial charge in [-0.1, -0.05) is 6.07 Å². The highest BCUT2D eigenvalue weighted by Gasteiger charge is 2.32. The Balaban J connectivity index is 1.38. The number of pyridine rings is 1. The van der Waals surface area contributed by atoms with Crippen LogP contribution in [0.25, 0.3) is 0 Å². The van der Waals surface area contributed by atoms with E-state index in [1.165, 1.54) is 9.78 Å². The van der Waals surface area contributed by atoms with E-state index >= 15 is 0 Å². The van der Waals surface area contributed by atoms with Gasteiger partial charge in [0.1, 0.15) is 5.82 Å². The van der Waals surface area contributed by atoms with Gasteiger partial charge in [-0.15, -0.1) is 11.3 Å². The summed E-state index contributed by atoms with van der Waals surface area (Å²) in [5.74, 6) is 0.501. The van der Waals surface area contributed by atoms with Gasteiger partial charge in [0.25, 0.3) is 0 Å². The van der Waals surface area contributed by atoms with Crippen LogP contribution in [0.15, 0.2) is 18.2 Å². The molecule has 2 N–H and O–H groups in total. The number of amides is 4. The molecule has 9 nitrogen and oxygen atoms in total. The molecule has 10 heteroatoms. The molecule has 4 rings (SSSR count). The van der Waals surface area contributed by atoms with Gasteiger partial charge >= 0.3 is 6.03 Å². The van der Waals surface area contributed by atoms with E-state index in [1.807, 2.05) is 36.9 Å². The molecule has 31 heavy (non-hydrogen) atoms. The highest BCUT2D eigenvalue weighted by atomic mass is 32.1. The Bertz CT molecular complexity index is 971. The lowest BCUT2D eigenvalue weighted by atomic mass is 10.1. The van der Waals surface area contributed by atoms with Gasteiger partial charge in [0.05, 0.1) is 24.0 Å². The van der Waals surface area contributed by atoms with Crippen LogP contribution in [0.1, 0.15) is 48.0 Å². The fourth-order valence-corrected chi connectivity index (χ4v) is 4.75. The number of hydrogen-bond acceptors (Lipinski definition) is 7. The lowest BCUT2D eigenvalue weighted by molar-refractivity contribution is -0.133. The quantitative estimate of drug-likeness (QED) is 0.639. The minimum absolute atomic E-state index is 0.0286. The molecule has 2 aromatic rings. The van der Waals surface area contributed by atoms with Gasteiger partial charge in [0.15, 0.2) is 5.13 Å². The van der Waals surface area contributed by atoms with Crippen molar-refractivity contribution in [3.8, 4) is 0 Å². The Morgan fingerprint density at radius 2 is 2.13 bits per heavy atom. The maximum Gasteiger partial charge on any atom is 0.324 e. The van der Waals surface area contributed by atoms with Gasteiger partial charge in [-0.25, -0.2) is 14.8 Å². The summed E-state index contributed by atoms with van der Waals surface area (Å²) in [5, 5.41) is 6.56. The summed E-state index contributed by atoms with van der Waals surface area (Å²) in [6.45, 7) is 5.01. The number of carbonyl (C=O) groups excluding carboxylic acids is 3. The number of aromatic nitrogens is 2. The molecule has 0 aromatic carbocycles. The Kier molecular flexibility index (Phi) is 6.17. The first-order valence-corrected chi connectivity index (χ1v) is 11.3. The lowest BCUT2D eigenvalue weighted by Gasteiger charge is -2.25. The van der Waals surface area contributed by atoms with Crippen molar-refractivity contribution in [3.05, 3.63) is 34.5 Å². The molecular weight excluding hydrogens is 416 g/mol. The molecule has 1 atom stereocenters. The fraction of sp³-hybridized carbons (Fsp3) is 0.476. The molecule has 4 amide bonds. The second kappa shape index (κ2) is 9.01. The van der Waals surface area contributed by atoms with Gasteiger partial charge in [-0.2, -0.15) is 0 Å². The lowest BCUT2D eigenvalue weighted by Crippen LogP contribution is -2.34. The van der Waals surface area contributed by atoms with E-state index in [1.54, 1.807) is 11.3 Å². The van der Waals surface area contributed by atoms with Crippen LogP contribution >= 0.6 is 11.3 Å². The molecule has 0 unspecified atom stereocenters. The zero-order valence-electron chi connectivity index (χ0n) is 17.7. The minimum atomic E-state index is -0.379. The zero-order valence-corrected chi connectivity index (χ0v) is 18.5. The van der Waals surface area contributed by atoms with Gasteiger partial charge in [0.2, 0.25) is 11.8 Å². The number of urea groups is 1. The molecule has 0 bridgehead atoms. The molecule has 0 saturated carbocycles. The Morgan fingerprint density at radius 3 is 2.84 bits per heavy atom. The summed E-state index contributed by atoms with van der Waals surface area (Å²) in [7, 11) is 0. The van der Waals surface area contributed by atoms with Crippen LogP contribution in [-0.2, 0) is 9.59 Å². The van der Waals surface area contributed by atoms with Crippen molar-refractivity contribution in [3.63, 3.8) is 0 Å². The van der Waals surface area contributed by atoms with E-state index < -0.39 is 0 Å². The number of carbonyl (C=O) groups is 3. The first kappa shape index (κ1) is 21.2. The van der Waals surface area contributed by atoms with Crippen LogP contribution in [0.2, 0.25) is 0 Å². The molecule has 0 aliphatic carbocycles. The molecule has 0 spiro atoms. The number of nitrogens with zero attached hydrogens (tertiary/aromatic N) is 4. The first-order chi connectivity index (χ1) is 14.9. The first-order valence-electron chi connectivity index (χ1n) is 10.5. The predicted molar refractivity (Wildman–Crippen MR) is 117 cm³/mol. The van der Waals surface area contributed by atoms with Crippen LogP contribution in [0.5, 0.6) is 0 Å². The molecule has 164 valence electrons. The number of thiazole rings is 1. The summed E-state index contributed by atoms with van der Waals surface area (Å²) in [6, 6.07) is 5.35. The molecule has 4 heterocycles. The number of rotatable bonds is 7. The largest absolute Gasteiger partial charge is 0.334 e. The van der Waals surface area contributed by atoms with Crippen molar-refractivity contribution in [1.29, 1.82) is 0 Å². The maximum absolute atomic E-state index is 12.9. The second-order valence-electron chi connectivity index (χ2n) is 7.79. The van der Waals surface area contributed by atoms with Crippen molar-refractivity contribution in [2.45, 2.75) is 45.6 Å². The van der Waals surface area contributed by atoms with Crippen molar-refractivity contribution in [1.82, 2.24) is 25.1 Å². The summed E-state index contributed by atoms with van der Waals surface area (Å²) < 4.78 is 0. The maximum atomic E-state index is 12.9. The van der Waals surface area contributed by atoms with Crippen molar-refractivity contribution < 1.29 is 14.4 Å². The van der Waals surface area contributed by atoms with Crippen LogP contribution in [0.3, 0.4) is 0 Å². The Labute approximate surface area is 184 Å². The number of hydrogen-bond donors (Lipinski definition) is 2. The van der Waals surface area contributed by atoms with Crippen molar-refractivity contribution >= 4 is 40.1 Å². The Morgan fingerprint density at radius 1 is 1.29 bits per heavy atom. The topological polar surface area (TPSA) is 108 Å². The third-order valence-electron chi connectivity index (χ3n) is 5.66. The molecule has 2 aliphatic heterocycles. The summed E-state index contributed by atoms with van der Waals surface area (Å²) in [5.41, 5.74) is 1.86. The number of anilines is 2. The zero-order chi connectivity index (χ0) is 22.0. The molecular formula is C21H26N6O3S. The third-order valence-corrected chi connectivity index (χ3v) is 6.65. The normalized spacial score (nSPS) is 18.6. The fourth-order valence-electron chi connectivity index (χ4n) is 3.93. The van der Waals surface area contributed by atoms with Gasteiger partial charge in [-0.05, 0) is 45.2 Å². The number of aryl methyl sites for hydroxylation is 2. The van der Waals surface area contributed by atoms with Gasteiger partial charge in [0, 0.05) is 24.4 Å². The van der Waals surface area contributed by atoms with E-state index in [2.05, 4.69) is 15.6 Å². The molecule has 2 aromatic heterocycles. The van der Waals surface area contributed by atoms with Crippen LogP contribution < -0.4 is 10.6 Å². The van der Waals surface area contributed by atoms with Crippen LogP contribution in [0, 0.1) is 13.8 Å². The van der Waals surface area contributed by atoms with Crippen LogP contribution in [0.4, 0.5) is 15.7 Å². The van der Waals surface area contributed by atoms with E-state index in [4.69, 9.17) is 4.98 Å². The predicted octanol–water partition coefficient (Wildman–Crippen LogP) is 2.89. The second-order valence-corrected chi connectivity index (χ2v) is 8.99. The molecule has 0 radical (unpaired) electrons. The summed E-state index contributed by atoms with van der Waals surface area (Å²) in [6.07, 6.45) is 2.54. The van der Waals surface area contributed by atoms with Gasteiger partial charge < -0.3 is 15.5 Å².